The molecule has 1 atom stereocenters. The second-order valence-electron chi connectivity index (χ2n) is 8.44. The summed E-state index contributed by atoms with van der Waals surface area (Å²) in [5.74, 6) is -0.493. The molecule has 2 heterocycles. The highest BCUT2D eigenvalue weighted by molar-refractivity contribution is 6.00. The number of hydrogen-bond donors (Lipinski definition) is 1. The van der Waals surface area contributed by atoms with Gasteiger partial charge in [-0.25, -0.2) is 0 Å². The summed E-state index contributed by atoms with van der Waals surface area (Å²) >= 11 is 0. The van der Waals surface area contributed by atoms with E-state index in [0.29, 0.717) is 31.6 Å². The van der Waals surface area contributed by atoms with Gasteiger partial charge in [-0.05, 0) is 28.3 Å². The van der Waals surface area contributed by atoms with E-state index in [9.17, 15) is 14.4 Å². The maximum absolute atomic E-state index is 13.3. The van der Waals surface area contributed by atoms with Crippen LogP contribution in [0.4, 0.5) is 0 Å². The SMILES string of the molecule is O=C1NCCN(C(=O)CN2Cc3ccccc3C2=O)[C@@H]1Cc1ccccc1-c1ccccc1. The van der Waals surface area contributed by atoms with Crippen LogP contribution in [0.5, 0.6) is 0 Å². The molecule has 3 aromatic rings. The van der Waals surface area contributed by atoms with Crippen molar-refractivity contribution in [2.24, 2.45) is 0 Å². The van der Waals surface area contributed by atoms with Crippen molar-refractivity contribution in [3.63, 3.8) is 0 Å². The smallest absolute Gasteiger partial charge is 0.254 e. The van der Waals surface area contributed by atoms with Gasteiger partial charge in [0, 0.05) is 31.6 Å². The van der Waals surface area contributed by atoms with Gasteiger partial charge in [0.15, 0.2) is 0 Å². The van der Waals surface area contributed by atoms with Crippen molar-refractivity contribution in [3.8, 4) is 11.1 Å². The van der Waals surface area contributed by atoms with Crippen molar-refractivity contribution in [2.75, 3.05) is 19.6 Å². The molecule has 3 amide bonds. The third-order valence-corrected chi connectivity index (χ3v) is 6.39. The number of benzene rings is 3. The molecule has 0 saturated carbocycles. The van der Waals surface area contributed by atoms with Gasteiger partial charge < -0.3 is 15.1 Å². The van der Waals surface area contributed by atoms with E-state index in [1.807, 2.05) is 72.8 Å². The Kier molecular flexibility index (Phi) is 5.65. The summed E-state index contributed by atoms with van der Waals surface area (Å²) in [5.41, 5.74) is 4.71. The first-order valence-corrected chi connectivity index (χ1v) is 11.2. The third kappa shape index (κ3) is 4.12. The molecule has 33 heavy (non-hydrogen) atoms. The largest absolute Gasteiger partial charge is 0.353 e. The molecule has 6 heteroatoms. The van der Waals surface area contributed by atoms with E-state index >= 15 is 0 Å². The maximum atomic E-state index is 13.3. The number of nitrogens with zero attached hydrogens (tertiary/aromatic N) is 2. The average molecular weight is 440 g/mol. The minimum absolute atomic E-state index is 0.0301. The summed E-state index contributed by atoms with van der Waals surface area (Å²) in [4.78, 5) is 42.1. The lowest BCUT2D eigenvalue weighted by molar-refractivity contribution is -0.143. The molecular weight excluding hydrogens is 414 g/mol. The number of piperazine rings is 1. The van der Waals surface area contributed by atoms with Gasteiger partial charge in [0.1, 0.15) is 12.6 Å². The number of amides is 3. The Morgan fingerprint density at radius 2 is 1.58 bits per heavy atom. The first-order valence-electron chi connectivity index (χ1n) is 11.2. The molecule has 0 aliphatic carbocycles. The van der Waals surface area contributed by atoms with Crippen molar-refractivity contribution < 1.29 is 14.4 Å². The molecule has 0 unspecified atom stereocenters. The third-order valence-electron chi connectivity index (χ3n) is 6.39. The lowest BCUT2D eigenvalue weighted by Crippen LogP contribution is -2.59. The zero-order valence-corrected chi connectivity index (χ0v) is 18.2. The van der Waals surface area contributed by atoms with Crippen LogP contribution in [0.15, 0.2) is 78.9 Å². The van der Waals surface area contributed by atoms with E-state index in [0.717, 1.165) is 22.3 Å². The van der Waals surface area contributed by atoms with E-state index in [4.69, 9.17) is 0 Å². The van der Waals surface area contributed by atoms with Crippen LogP contribution in [0.25, 0.3) is 11.1 Å². The highest BCUT2D eigenvalue weighted by Gasteiger charge is 2.36. The minimum atomic E-state index is -0.615. The fourth-order valence-electron chi connectivity index (χ4n) is 4.72. The lowest BCUT2D eigenvalue weighted by atomic mass is 9.93. The topological polar surface area (TPSA) is 69.7 Å². The second kappa shape index (κ2) is 8.90. The van der Waals surface area contributed by atoms with E-state index in [2.05, 4.69) is 5.32 Å². The van der Waals surface area contributed by atoms with Gasteiger partial charge >= 0.3 is 0 Å². The van der Waals surface area contributed by atoms with Crippen LogP contribution in [0, 0.1) is 0 Å². The molecule has 1 fully saturated rings. The Hall–Kier alpha value is -3.93. The van der Waals surface area contributed by atoms with Gasteiger partial charge in [0.05, 0.1) is 0 Å². The fourth-order valence-corrected chi connectivity index (χ4v) is 4.72. The average Bonchev–Trinajstić information content (AvgIpc) is 3.16. The van der Waals surface area contributed by atoms with Crippen molar-refractivity contribution >= 4 is 17.7 Å². The molecule has 2 aliphatic heterocycles. The molecular formula is C27H25N3O3. The zero-order valence-electron chi connectivity index (χ0n) is 18.2. The predicted octanol–water partition coefficient (Wildman–Crippen LogP) is 2.88. The van der Waals surface area contributed by atoms with Gasteiger partial charge in [0.2, 0.25) is 11.8 Å². The zero-order chi connectivity index (χ0) is 22.8. The molecule has 166 valence electrons. The normalized spacial score (nSPS) is 17.6. The van der Waals surface area contributed by atoms with Gasteiger partial charge in [-0.15, -0.1) is 0 Å². The monoisotopic (exact) mass is 439 g/mol. The summed E-state index contributed by atoms with van der Waals surface area (Å²) in [6.07, 6.45) is 0.414. The van der Waals surface area contributed by atoms with Gasteiger partial charge in [-0.3, -0.25) is 14.4 Å². The van der Waals surface area contributed by atoms with Gasteiger partial charge in [0.25, 0.3) is 5.91 Å². The first kappa shape index (κ1) is 20.9. The first-order chi connectivity index (χ1) is 16.1. The summed E-state index contributed by atoms with van der Waals surface area (Å²) < 4.78 is 0. The standard InChI is InChI=1S/C27H25N3O3/c31-25(18-29-17-21-11-5-7-13-23(21)27(29)33)30-15-14-28-26(32)24(30)16-20-10-4-6-12-22(20)19-8-2-1-3-9-19/h1-13,24H,14-18H2,(H,28,32)/t24-/m1/s1. The van der Waals surface area contributed by atoms with Crippen molar-refractivity contribution in [1.82, 2.24) is 15.1 Å². The van der Waals surface area contributed by atoms with Crippen LogP contribution >= 0.6 is 0 Å². The molecule has 0 spiro atoms. The molecule has 5 rings (SSSR count). The van der Waals surface area contributed by atoms with Gasteiger partial charge in [-0.2, -0.15) is 0 Å². The quantitative estimate of drug-likeness (QED) is 0.665. The van der Waals surface area contributed by atoms with E-state index < -0.39 is 6.04 Å². The van der Waals surface area contributed by atoms with Crippen LogP contribution in [0.1, 0.15) is 21.5 Å². The summed E-state index contributed by atoms with van der Waals surface area (Å²) in [5, 5.41) is 2.90. The number of carbonyl (C=O) groups is 3. The van der Waals surface area contributed by atoms with E-state index in [-0.39, 0.29) is 24.3 Å². The molecule has 2 aliphatic rings. The van der Waals surface area contributed by atoms with Crippen molar-refractivity contribution in [1.29, 1.82) is 0 Å². The molecule has 1 N–H and O–H groups in total. The van der Waals surface area contributed by atoms with Crippen LogP contribution in [-0.4, -0.2) is 53.2 Å². The molecule has 0 aromatic heterocycles. The lowest BCUT2D eigenvalue weighted by Gasteiger charge is -2.36. The summed E-state index contributed by atoms with van der Waals surface area (Å²) in [6.45, 7) is 1.23. The van der Waals surface area contributed by atoms with Crippen LogP contribution in [0.2, 0.25) is 0 Å². The number of rotatable bonds is 5. The number of carbonyl (C=O) groups excluding carboxylic acids is 3. The van der Waals surface area contributed by atoms with Crippen LogP contribution < -0.4 is 5.32 Å². The Labute approximate surface area is 192 Å². The highest BCUT2D eigenvalue weighted by Crippen LogP contribution is 2.27. The molecule has 6 nitrogen and oxygen atoms in total. The second-order valence-corrected chi connectivity index (χ2v) is 8.44. The summed E-state index contributed by atoms with van der Waals surface area (Å²) in [6, 6.07) is 24.8. The number of fused-ring (bicyclic) bond motifs is 1. The Morgan fingerprint density at radius 3 is 2.36 bits per heavy atom. The van der Waals surface area contributed by atoms with E-state index in [1.54, 1.807) is 15.9 Å². The molecule has 3 aromatic carbocycles. The van der Waals surface area contributed by atoms with Crippen LogP contribution in [0.3, 0.4) is 0 Å². The van der Waals surface area contributed by atoms with Crippen molar-refractivity contribution in [2.45, 2.75) is 19.0 Å². The highest BCUT2D eigenvalue weighted by atomic mass is 16.2. The molecule has 0 radical (unpaired) electrons. The van der Waals surface area contributed by atoms with Gasteiger partial charge in [-0.1, -0.05) is 72.8 Å². The predicted molar refractivity (Wildman–Crippen MR) is 125 cm³/mol. The molecule has 0 bridgehead atoms. The number of nitrogens with one attached hydrogen (secondary N) is 1. The Morgan fingerprint density at radius 1 is 0.879 bits per heavy atom. The van der Waals surface area contributed by atoms with E-state index in [1.165, 1.54) is 0 Å². The van der Waals surface area contributed by atoms with Crippen LogP contribution in [-0.2, 0) is 22.6 Å². The minimum Gasteiger partial charge on any atom is -0.353 e. The maximum Gasteiger partial charge on any atom is 0.254 e. The molecule has 1 saturated heterocycles. The number of hydrogen-bond acceptors (Lipinski definition) is 3. The summed E-state index contributed by atoms with van der Waals surface area (Å²) in [7, 11) is 0. The fraction of sp³-hybridized carbons (Fsp3) is 0.222. The van der Waals surface area contributed by atoms with Crippen molar-refractivity contribution in [3.05, 3.63) is 95.6 Å². The Balaban J connectivity index is 1.36. The Bertz CT molecular complexity index is 1210.